The average Bonchev–Trinajstić information content (AvgIpc) is 2.78. The van der Waals surface area contributed by atoms with Crippen LogP contribution in [0.2, 0.25) is 0 Å². The molecule has 2 rings (SSSR count). The first-order valence-corrected chi connectivity index (χ1v) is 7.55. The van der Waals surface area contributed by atoms with Gasteiger partial charge in [0.15, 0.2) is 0 Å². The minimum absolute atomic E-state index is 0.0162. The molecular formula is C16H19BrN2O2. The van der Waals surface area contributed by atoms with Crippen molar-refractivity contribution in [1.29, 1.82) is 0 Å². The molecule has 2 aromatic rings. The molecule has 5 heteroatoms. The molecule has 0 spiro atoms. The molecule has 1 heterocycles. The fourth-order valence-corrected chi connectivity index (χ4v) is 2.82. The van der Waals surface area contributed by atoms with E-state index in [9.17, 15) is 4.79 Å². The van der Waals surface area contributed by atoms with Crippen molar-refractivity contribution in [3.8, 4) is 5.75 Å². The summed E-state index contributed by atoms with van der Waals surface area (Å²) >= 11 is 3.37. The zero-order chi connectivity index (χ0) is 15.4. The summed E-state index contributed by atoms with van der Waals surface area (Å²) in [6.07, 6.45) is 2.58. The second kappa shape index (κ2) is 6.80. The summed E-state index contributed by atoms with van der Waals surface area (Å²) in [6.45, 7) is 1.99. The van der Waals surface area contributed by atoms with Crippen molar-refractivity contribution in [3.63, 3.8) is 0 Å². The van der Waals surface area contributed by atoms with E-state index in [0.29, 0.717) is 5.69 Å². The first kappa shape index (κ1) is 15.6. The summed E-state index contributed by atoms with van der Waals surface area (Å²) in [5.41, 5.74) is 1.72. The molecule has 1 aromatic carbocycles. The van der Waals surface area contributed by atoms with E-state index in [0.717, 1.165) is 22.2 Å². The highest BCUT2D eigenvalue weighted by atomic mass is 79.9. The summed E-state index contributed by atoms with van der Waals surface area (Å²) in [5.74, 6) is 0.769. The molecule has 1 unspecified atom stereocenters. The number of hydrogen-bond donors (Lipinski definition) is 1. The SMILES string of the molecule is COc1ccccc1CC(C)NC(=O)c1cc(Br)cn1C. The lowest BCUT2D eigenvalue weighted by atomic mass is 10.1. The highest BCUT2D eigenvalue weighted by Gasteiger charge is 2.15. The predicted octanol–water partition coefficient (Wildman–Crippen LogP) is 3.16. The quantitative estimate of drug-likeness (QED) is 0.899. The van der Waals surface area contributed by atoms with E-state index in [1.807, 2.05) is 50.5 Å². The van der Waals surface area contributed by atoms with Gasteiger partial charge in [-0.2, -0.15) is 0 Å². The van der Waals surface area contributed by atoms with E-state index in [1.165, 1.54) is 0 Å². The van der Waals surface area contributed by atoms with E-state index in [-0.39, 0.29) is 11.9 Å². The Labute approximate surface area is 133 Å². The van der Waals surface area contributed by atoms with Crippen molar-refractivity contribution in [3.05, 3.63) is 52.3 Å². The molecule has 0 bridgehead atoms. The van der Waals surface area contributed by atoms with Crippen molar-refractivity contribution in [2.45, 2.75) is 19.4 Å². The van der Waals surface area contributed by atoms with Crippen LogP contribution in [0.15, 0.2) is 41.0 Å². The van der Waals surface area contributed by atoms with E-state index in [2.05, 4.69) is 21.2 Å². The van der Waals surface area contributed by atoms with Crippen LogP contribution in [0, 0.1) is 0 Å². The molecule has 0 fully saturated rings. The van der Waals surface area contributed by atoms with E-state index >= 15 is 0 Å². The Balaban J connectivity index is 2.03. The number of nitrogens with zero attached hydrogens (tertiary/aromatic N) is 1. The van der Waals surface area contributed by atoms with E-state index < -0.39 is 0 Å². The van der Waals surface area contributed by atoms with Crippen LogP contribution in [-0.2, 0) is 13.5 Å². The molecule has 1 N–H and O–H groups in total. The van der Waals surface area contributed by atoms with Crippen molar-refractivity contribution in [2.24, 2.45) is 7.05 Å². The lowest BCUT2D eigenvalue weighted by Crippen LogP contribution is -2.35. The van der Waals surface area contributed by atoms with Crippen LogP contribution in [0.3, 0.4) is 0 Å². The van der Waals surface area contributed by atoms with Gasteiger partial charge in [0.25, 0.3) is 5.91 Å². The van der Waals surface area contributed by atoms with Crippen LogP contribution in [0.25, 0.3) is 0 Å². The monoisotopic (exact) mass is 350 g/mol. The van der Waals surface area contributed by atoms with E-state index in [4.69, 9.17) is 4.74 Å². The topological polar surface area (TPSA) is 43.3 Å². The van der Waals surface area contributed by atoms with Crippen LogP contribution in [-0.4, -0.2) is 23.6 Å². The van der Waals surface area contributed by atoms with Gasteiger partial charge in [0.05, 0.1) is 7.11 Å². The zero-order valence-corrected chi connectivity index (χ0v) is 14.0. The molecular weight excluding hydrogens is 332 g/mol. The molecule has 0 saturated carbocycles. The van der Waals surface area contributed by atoms with Crippen molar-refractivity contribution in [2.75, 3.05) is 7.11 Å². The number of methoxy groups -OCH3 is 1. The lowest BCUT2D eigenvalue weighted by Gasteiger charge is -2.16. The number of carbonyl (C=O) groups is 1. The Bertz CT molecular complexity index is 637. The number of para-hydroxylation sites is 1. The minimum atomic E-state index is -0.0782. The summed E-state index contributed by atoms with van der Waals surface area (Å²) in [7, 11) is 3.51. The summed E-state index contributed by atoms with van der Waals surface area (Å²) in [5, 5.41) is 3.01. The first-order valence-electron chi connectivity index (χ1n) is 6.76. The van der Waals surface area contributed by atoms with Gasteiger partial charge in [0, 0.05) is 23.8 Å². The summed E-state index contributed by atoms with van der Waals surface area (Å²) in [6, 6.07) is 9.68. The number of halogens is 1. The molecule has 112 valence electrons. The van der Waals surface area contributed by atoms with Gasteiger partial charge in [-0.15, -0.1) is 0 Å². The van der Waals surface area contributed by atoms with Gasteiger partial charge in [0.2, 0.25) is 0 Å². The third-order valence-electron chi connectivity index (χ3n) is 3.30. The van der Waals surface area contributed by atoms with Gasteiger partial charge >= 0.3 is 0 Å². The number of benzene rings is 1. The summed E-state index contributed by atoms with van der Waals surface area (Å²) in [4.78, 5) is 12.2. The molecule has 1 atom stereocenters. The van der Waals surface area contributed by atoms with Gasteiger partial charge < -0.3 is 14.6 Å². The molecule has 1 amide bonds. The van der Waals surface area contributed by atoms with Crippen LogP contribution in [0.5, 0.6) is 5.75 Å². The normalized spacial score (nSPS) is 12.0. The van der Waals surface area contributed by atoms with Gasteiger partial charge in [0.1, 0.15) is 11.4 Å². The number of rotatable bonds is 5. The maximum Gasteiger partial charge on any atom is 0.268 e. The number of aromatic nitrogens is 1. The van der Waals surface area contributed by atoms with Crippen LogP contribution < -0.4 is 10.1 Å². The Kier molecular flexibility index (Phi) is 5.07. The molecule has 1 aromatic heterocycles. The number of ether oxygens (including phenoxy) is 1. The largest absolute Gasteiger partial charge is 0.496 e. The molecule has 0 aliphatic rings. The maximum atomic E-state index is 12.2. The van der Waals surface area contributed by atoms with Crippen molar-refractivity contribution < 1.29 is 9.53 Å². The number of aryl methyl sites for hydroxylation is 1. The summed E-state index contributed by atoms with van der Waals surface area (Å²) < 4.78 is 8.03. The third-order valence-corrected chi connectivity index (χ3v) is 3.73. The number of carbonyl (C=O) groups excluding carboxylic acids is 1. The van der Waals surface area contributed by atoms with Crippen molar-refractivity contribution >= 4 is 21.8 Å². The maximum absolute atomic E-state index is 12.2. The standard InChI is InChI=1S/C16H19BrN2O2/c1-11(8-12-6-4-5-7-15(12)21-3)18-16(20)14-9-13(17)10-19(14)2/h4-7,9-11H,8H2,1-3H3,(H,18,20). The molecule has 21 heavy (non-hydrogen) atoms. The van der Waals surface area contributed by atoms with Crippen LogP contribution in [0.1, 0.15) is 23.0 Å². The fourth-order valence-electron chi connectivity index (χ4n) is 2.30. The lowest BCUT2D eigenvalue weighted by molar-refractivity contribution is 0.0931. The molecule has 4 nitrogen and oxygen atoms in total. The predicted molar refractivity (Wildman–Crippen MR) is 86.7 cm³/mol. The molecule has 0 radical (unpaired) electrons. The van der Waals surface area contributed by atoms with Crippen molar-refractivity contribution in [1.82, 2.24) is 9.88 Å². The van der Waals surface area contributed by atoms with Gasteiger partial charge in [-0.25, -0.2) is 0 Å². The smallest absolute Gasteiger partial charge is 0.268 e. The van der Waals surface area contributed by atoms with Gasteiger partial charge in [-0.3, -0.25) is 4.79 Å². The Morgan fingerprint density at radius 1 is 1.43 bits per heavy atom. The average molecular weight is 351 g/mol. The highest BCUT2D eigenvalue weighted by molar-refractivity contribution is 9.10. The highest BCUT2D eigenvalue weighted by Crippen LogP contribution is 2.19. The Morgan fingerprint density at radius 2 is 2.14 bits per heavy atom. The minimum Gasteiger partial charge on any atom is -0.496 e. The second-order valence-corrected chi connectivity index (χ2v) is 5.96. The van der Waals surface area contributed by atoms with Gasteiger partial charge in [-0.05, 0) is 47.0 Å². The van der Waals surface area contributed by atoms with E-state index in [1.54, 1.807) is 11.7 Å². The van der Waals surface area contributed by atoms with Crippen LogP contribution in [0.4, 0.5) is 0 Å². The number of hydrogen-bond acceptors (Lipinski definition) is 2. The fraction of sp³-hybridized carbons (Fsp3) is 0.312. The zero-order valence-electron chi connectivity index (χ0n) is 12.4. The first-order chi connectivity index (χ1) is 10.0. The third kappa shape index (κ3) is 3.88. The second-order valence-electron chi connectivity index (χ2n) is 5.04. The van der Waals surface area contributed by atoms with Gasteiger partial charge in [-0.1, -0.05) is 18.2 Å². The Morgan fingerprint density at radius 3 is 2.76 bits per heavy atom. The Hall–Kier alpha value is -1.75. The number of amides is 1. The molecule has 0 saturated heterocycles. The number of nitrogens with one attached hydrogen (secondary N) is 1. The molecule has 0 aliphatic heterocycles. The van der Waals surface area contributed by atoms with Crippen LogP contribution >= 0.6 is 15.9 Å². The molecule has 0 aliphatic carbocycles.